The largest absolute Gasteiger partial charge is 0.481 e. The van der Waals surface area contributed by atoms with Crippen LogP contribution >= 0.6 is 0 Å². The number of nitrogens with one attached hydrogen (secondary N) is 1. The van der Waals surface area contributed by atoms with Crippen LogP contribution in [-0.4, -0.2) is 34.9 Å². The predicted octanol–water partition coefficient (Wildman–Crippen LogP) is 1.43. The zero-order valence-corrected chi connectivity index (χ0v) is 10.7. The fraction of sp³-hybridized carbons (Fsp3) is 0.500. The van der Waals surface area contributed by atoms with Crippen LogP contribution in [0.2, 0.25) is 0 Å². The van der Waals surface area contributed by atoms with Crippen molar-refractivity contribution in [1.29, 1.82) is 0 Å². The maximum Gasteiger partial charge on any atom is 0.306 e. The minimum atomic E-state index is -0.971. The SMILES string of the molecule is CC(CCc1ccccc1)NCC(O)CC(=O)O. The van der Waals surface area contributed by atoms with Gasteiger partial charge in [0.1, 0.15) is 0 Å². The molecule has 100 valence electrons. The van der Waals surface area contributed by atoms with Crippen molar-refractivity contribution >= 4 is 5.97 Å². The van der Waals surface area contributed by atoms with Gasteiger partial charge in [0, 0.05) is 12.6 Å². The predicted molar refractivity (Wildman–Crippen MR) is 70.5 cm³/mol. The Morgan fingerprint density at radius 3 is 2.61 bits per heavy atom. The second-order valence-electron chi connectivity index (χ2n) is 4.59. The van der Waals surface area contributed by atoms with Gasteiger partial charge in [-0.25, -0.2) is 0 Å². The van der Waals surface area contributed by atoms with Gasteiger partial charge >= 0.3 is 5.97 Å². The third-order valence-corrected chi connectivity index (χ3v) is 2.82. The van der Waals surface area contributed by atoms with E-state index in [1.54, 1.807) is 0 Å². The van der Waals surface area contributed by atoms with Crippen molar-refractivity contribution in [2.45, 2.75) is 38.3 Å². The molecule has 3 N–H and O–H groups in total. The Morgan fingerprint density at radius 2 is 2.00 bits per heavy atom. The van der Waals surface area contributed by atoms with Crippen molar-refractivity contribution in [2.24, 2.45) is 0 Å². The molecule has 0 fully saturated rings. The Morgan fingerprint density at radius 1 is 1.33 bits per heavy atom. The lowest BCUT2D eigenvalue weighted by molar-refractivity contribution is -0.139. The molecule has 0 spiro atoms. The number of carbonyl (C=O) groups is 1. The van der Waals surface area contributed by atoms with Crippen LogP contribution in [0.5, 0.6) is 0 Å². The van der Waals surface area contributed by atoms with E-state index in [2.05, 4.69) is 17.4 Å². The van der Waals surface area contributed by atoms with Crippen LogP contribution in [0.3, 0.4) is 0 Å². The highest BCUT2D eigenvalue weighted by Gasteiger charge is 2.10. The average Bonchev–Trinajstić information content (AvgIpc) is 2.34. The molecule has 0 aliphatic carbocycles. The van der Waals surface area contributed by atoms with Crippen LogP contribution < -0.4 is 5.32 Å². The number of aliphatic carboxylic acids is 1. The van der Waals surface area contributed by atoms with Crippen LogP contribution in [0.1, 0.15) is 25.3 Å². The molecule has 18 heavy (non-hydrogen) atoms. The Labute approximate surface area is 108 Å². The molecule has 2 atom stereocenters. The fourth-order valence-corrected chi connectivity index (χ4v) is 1.74. The first-order valence-electron chi connectivity index (χ1n) is 6.25. The Balaban J connectivity index is 2.18. The van der Waals surface area contributed by atoms with E-state index in [1.165, 1.54) is 5.56 Å². The quantitative estimate of drug-likeness (QED) is 0.654. The summed E-state index contributed by atoms with van der Waals surface area (Å²) in [7, 11) is 0. The van der Waals surface area contributed by atoms with E-state index >= 15 is 0 Å². The number of aliphatic hydroxyl groups is 1. The molecule has 1 rings (SSSR count). The van der Waals surface area contributed by atoms with Gasteiger partial charge < -0.3 is 15.5 Å². The first-order valence-corrected chi connectivity index (χ1v) is 6.25. The van der Waals surface area contributed by atoms with Gasteiger partial charge in [-0.15, -0.1) is 0 Å². The molecule has 0 saturated heterocycles. The van der Waals surface area contributed by atoms with Gasteiger partial charge in [0.15, 0.2) is 0 Å². The van der Waals surface area contributed by atoms with Crippen LogP contribution in [0, 0.1) is 0 Å². The van der Waals surface area contributed by atoms with Crippen molar-refractivity contribution in [1.82, 2.24) is 5.32 Å². The zero-order chi connectivity index (χ0) is 13.4. The minimum absolute atomic E-state index is 0.210. The summed E-state index contributed by atoms with van der Waals surface area (Å²) in [6.45, 7) is 2.36. The number of rotatable bonds is 8. The van der Waals surface area contributed by atoms with Gasteiger partial charge in [0.2, 0.25) is 0 Å². The van der Waals surface area contributed by atoms with Crippen molar-refractivity contribution in [3.05, 3.63) is 35.9 Å². The standard InChI is InChI=1S/C14H21NO3/c1-11(15-10-13(16)9-14(17)18)7-8-12-5-3-2-4-6-12/h2-6,11,13,15-16H,7-10H2,1H3,(H,17,18). The van der Waals surface area contributed by atoms with E-state index in [1.807, 2.05) is 25.1 Å². The molecule has 0 amide bonds. The molecule has 2 unspecified atom stereocenters. The number of benzene rings is 1. The molecule has 0 saturated carbocycles. The van der Waals surface area contributed by atoms with E-state index in [9.17, 15) is 9.90 Å². The van der Waals surface area contributed by atoms with Gasteiger partial charge in [0.25, 0.3) is 0 Å². The van der Waals surface area contributed by atoms with Crippen LogP contribution in [0.15, 0.2) is 30.3 Å². The summed E-state index contributed by atoms with van der Waals surface area (Å²) in [6.07, 6.45) is 0.911. The highest BCUT2D eigenvalue weighted by molar-refractivity contribution is 5.67. The summed E-state index contributed by atoms with van der Waals surface area (Å²) >= 11 is 0. The van der Waals surface area contributed by atoms with Gasteiger partial charge in [-0.2, -0.15) is 0 Å². The second-order valence-corrected chi connectivity index (χ2v) is 4.59. The monoisotopic (exact) mass is 251 g/mol. The van der Waals surface area contributed by atoms with Gasteiger partial charge in [-0.05, 0) is 25.3 Å². The van der Waals surface area contributed by atoms with E-state index in [-0.39, 0.29) is 12.5 Å². The molecule has 0 heterocycles. The Kier molecular flexibility index (Phi) is 6.39. The minimum Gasteiger partial charge on any atom is -0.481 e. The highest BCUT2D eigenvalue weighted by atomic mass is 16.4. The van der Waals surface area contributed by atoms with Crippen LogP contribution in [0.4, 0.5) is 0 Å². The molecule has 0 aliphatic heterocycles. The number of hydrogen-bond acceptors (Lipinski definition) is 3. The number of hydrogen-bond donors (Lipinski definition) is 3. The third kappa shape index (κ3) is 6.37. The molecular weight excluding hydrogens is 230 g/mol. The first kappa shape index (κ1) is 14.7. The Hall–Kier alpha value is -1.39. The number of aryl methyl sites for hydroxylation is 1. The molecule has 1 aromatic carbocycles. The molecule has 4 heteroatoms. The summed E-state index contributed by atoms with van der Waals surface area (Å²) in [5.41, 5.74) is 1.29. The summed E-state index contributed by atoms with van der Waals surface area (Å²) in [5, 5.41) is 21.1. The van der Waals surface area contributed by atoms with Crippen molar-refractivity contribution in [3.63, 3.8) is 0 Å². The molecule has 0 radical (unpaired) electrons. The Bertz CT molecular complexity index is 353. The van der Waals surface area contributed by atoms with Crippen molar-refractivity contribution in [3.8, 4) is 0 Å². The molecule has 4 nitrogen and oxygen atoms in total. The maximum atomic E-state index is 10.4. The molecule has 0 aliphatic rings. The van der Waals surface area contributed by atoms with E-state index in [0.29, 0.717) is 6.54 Å². The zero-order valence-electron chi connectivity index (χ0n) is 10.7. The normalized spacial score (nSPS) is 14.1. The van der Waals surface area contributed by atoms with E-state index < -0.39 is 12.1 Å². The lowest BCUT2D eigenvalue weighted by Gasteiger charge is -2.16. The van der Waals surface area contributed by atoms with Crippen LogP contribution in [-0.2, 0) is 11.2 Å². The maximum absolute atomic E-state index is 10.4. The number of carboxylic acids is 1. The van der Waals surface area contributed by atoms with Crippen molar-refractivity contribution in [2.75, 3.05) is 6.54 Å². The topological polar surface area (TPSA) is 69.6 Å². The summed E-state index contributed by atoms with van der Waals surface area (Å²) < 4.78 is 0. The summed E-state index contributed by atoms with van der Waals surface area (Å²) in [6, 6.07) is 10.5. The average molecular weight is 251 g/mol. The van der Waals surface area contributed by atoms with Gasteiger partial charge in [-0.3, -0.25) is 4.79 Å². The number of carboxylic acid groups (broad SMARTS) is 1. The molecule has 0 bridgehead atoms. The molecular formula is C14H21NO3. The molecule has 0 aromatic heterocycles. The smallest absolute Gasteiger partial charge is 0.306 e. The summed E-state index contributed by atoms with van der Waals surface area (Å²) in [4.78, 5) is 10.4. The van der Waals surface area contributed by atoms with E-state index in [4.69, 9.17) is 5.11 Å². The molecule has 1 aromatic rings. The lowest BCUT2D eigenvalue weighted by atomic mass is 10.1. The highest BCUT2D eigenvalue weighted by Crippen LogP contribution is 2.04. The first-order chi connectivity index (χ1) is 8.58. The fourth-order valence-electron chi connectivity index (χ4n) is 1.74. The summed E-state index contributed by atoms with van der Waals surface area (Å²) in [5.74, 6) is -0.971. The van der Waals surface area contributed by atoms with Gasteiger partial charge in [-0.1, -0.05) is 30.3 Å². The number of aliphatic hydroxyl groups excluding tert-OH is 1. The third-order valence-electron chi connectivity index (χ3n) is 2.82. The second kappa shape index (κ2) is 7.84. The van der Waals surface area contributed by atoms with Gasteiger partial charge in [0.05, 0.1) is 12.5 Å². The van der Waals surface area contributed by atoms with E-state index in [0.717, 1.165) is 12.8 Å². The van der Waals surface area contributed by atoms with Crippen LogP contribution in [0.25, 0.3) is 0 Å². The lowest BCUT2D eigenvalue weighted by Crippen LogP contribution is -2.35. The van der Waals surface area contributed by atoms with Crippen molar-refractivity contribution < 1.29 is 15.0 Å².